The molecule has 27 heavy (non-hydrogen) atoms. The Hall–Kier alpha value is -2.25. The summed E-state index contributed by atoms with van der Waals surface area (Å²) < 4.78 is 0. The van der Waals surface area contributed by atoms with Crippen molar-refractivity contribution in [3.05, 3.63) is 35.5 Å². The second kappa shape index (κ2) is 8.19. The fraction of sp³-hybridized carbons (Fsp3) is 0.474. The second-order valence-corrected chi connectivity index (χ2v) is 8.33. The van der Waals surface area contributed by atoms with Gasteiger partial charge in [0.1, 0.15) is 0 Å². The zero-order valence-corrected chi connectivity index (χ0v) is 16.7. The number of benzene rings is 1. The van der Waals surface area contributed by atoms with Crippen LogP contribution in [0.2, 0.25) is 5.02 Å². The average Bonchev–Trinajstić information content (AvgIpc) is 2.61. The Morgan fingerprint density at radius 2 is 1.81 bits per heavy atom. The Balaban J connectivity index is 1.59. The van der Waals surface area contributed by atoms with Crippen LogP contribution in [0.4, 0.5) is 5.95 Å². The number of piperazine rings is 1. The number of amides is 1. The number of hydrogen-bond acceptors (Lipinski definition) is 6. The zero-order chi connectivity index (χ0) is 19.4. The highest BCUT2D eigenvalue weighted by Gasteiger charge is 2.23. The summed E-state index contributed by atoms with van der Waals surface area (Å²) in [6, 6.07) is 7.49. The third kappa shape index (κ3) is 5.61. The van der Waals surface area contributed by atoms with Crippen molar-refractivity contribution in [2.24, 2.45) is 5.41 Å². The Morgan fingerprint density at radius 3 is 2.44 bits per heavy atom. The molecule has 1 aromatic heterocycles. The van der Waals surface area contributed by atoms with E-state index in [1.54, 1.807) is 6.20 Å². The summed E-state index contributed by atoms with van der Waals surface area (Å²) in [6.45, 7) is 9.05. The van der Waals surface area contributed by atoms with Crippen LogP contribution in [-0.2, 0) is 4.79 Å². The molecule has 1 N–H and O–H groups in total. The van der Waals surface area contributed by atoms with E-state index < -0.39 is 0 Å². The third-order valence-electron chi connectivity index (χ3n) is 4.22. The van der Waals surface area contributed by atoms with E-state index in [1.165, 1.54) is 0 Å². The van der Waals surface area contributed by atoms with Crippen molar-refractivity contribution >= 4 is 23.5 Å². The van der Waals surface area contributed by atoms with Crippen molar-refractivity contribution in [3.8, 4) is 11.3 Å². The molecule has 1 aliphatic rings. The van der Waals surface area contributed by atoms with Crippen molar-refractivity contribution in [1.82, 2.24) is 25.6 Å². The van der Waals surface area contributed by atoms with Crippen LogP contribution < -0.4 is 10.3 Å². The first kappa shape index (κ1) is 19.5. The normalized spacial score (nSPS) is 15.6. The predicted octanol–water partition coefficient (Wildman–Crippen LogP) is 2.78. The summed E-state index contributed by atoms with van der Waals surface area (Å²) in [4.78, 5) is 18.8. The third-order valence-corrected chi connectivity index (χ3v) is 4.48. The van der Waals surface area contributed by atoms with E-state index in [4.69, 9.17) is 11.6 Å². The number of halogens is 1. The van der Waals surface area contributed by atoms with Gasteiger partial charge in [-0.15, -0.1) is 5.10 Å². The molecule has 0 saturated carbocycles. The molecule has 0 unspecified atom stereocenters. The van der Waals surface area contributed by atoms with Crippen LogP contribution in [0.1, 0.15) is 27.2 Å². The predicted molar refractivity (Wildman–Crippen MR) is 106 cm³/mol. The summed E-state index contributed by atoms with van der Waals surface area (Å²) in [6.07, 6.45) is 2.15. The zero-order valence-electron chi connectivity index (χ0n) is 15.9. The molecular weight excluding hydrogens is 364 g/mol. The van der Waals surface area contributed by atoms with E-state index in [-0.39, 0.29) is 11.3 Å². The van der Waals surface area contributed by atoms with E-state index in [2.05, 4.69) is 46.3 Å². The summed E-state index contributed by atoms with van der Waals surface area (Å²) in [7, 11) is 0. The standard InChI is InChI=1S/C19H25ClN6O/c1-19(2,3)12-17(27)24-26-10-8-25(9-11-26)18-22-16(13-21-23-18)14-4-6-15(20)7-5-14/h4-7,13H,8-12H2,1-3H3,(H,24,27). The largest absolute Gasteiger partial charge is 0.337 e. The lowest BCUT2D eigenvalue weighted by atomic mass is 9.92. The Kier molecular flexibility index (Phi) is 5.92. The minimum absolute atomic E-state index is 0.0203. The van der Waals surface area contributed by atoms with Crippen molar-refractivity contribution < 1.29 is 4.79 Å². The molecule has 2 heterocycles. The fourth-order valence-corrected chi connectivity index (χ4v) is 3.03. The highest BCUT2D eigenvalue weighted by Crippen LogP contribution is 2.21. The molecule has 1 aliphatic heterocycles. The first-order valence-electron chi connectivity index (χ1n) is 9.05. The molecule has 0 spiro atoms. The number of anilines is 1. The van der Waals surface area contributed by atoms with Crippen LogP contribution >= 0.6 is 11.6 Å². The number of hydrogen-bond donors (Lipinski definition) is 1. The molecule has 0 bridgehead atoms. The summed E-state index contributed by atoms with van der Waals surface area (Å²) in [5.74, 6) is 0.654. The van der Waals surface area contributed by atoms with Crippen molar-refractivity contribution in [1.29, 1.82) is 0 Å². The SMILES string of the molecule is CC(C)(C)CC(=O)NN1CCN(c2nncc(-c3ccc(Cl)cc3)n2)CC1. The molecular formula is C19H25ClN6O. The van der Waals surface area contributed by atoms with Gasteiger partial charge in [-0.25, -0.2) is 9.99 Å². The highest BCUT2D eigenvalue weighted by atomic mass is 35.5. The van der Waals surface area contributed by atoms with E-state index in [0.717, 1.165) is 24.3 Å². The highest BCUT2D eigenvalue weighted by molar-refractivity contribution is 6.30. The van der Waals surface area contributed by atoms with E-state index in [0.29, 0.717) is 30.5 Å². The van der Waals surface area contributed by atoms with Crippen LogP contribution in [0.5, 0.6) is 0 Å². The number of nitrogens with one attached hydrogen (secondary N) is 1. The van der Waals surface area contributed by atoms with E-state index in [1.807, 2.05) is 29.3 Å². The van der Waals surface area contributed by atoms with Gasteiger partial charge in [0, 0.05) is 43.2 Å². The lowest BCUT2D eigenvalue weighted by molar-refractivity contribution is -0.127. The minimum Gasteiger partial charge on any atom is -0.337 e. The Bertz CT molecular complexity index is 782. The topological polar surface area (TPSA) is 74.2 Å². The fourth-order valence-electron chi connectivity index (χ4n) is 2.90. The molecule has 1 amide bonds. The lowest BCUT2D eigenvalue weighted by Gasteiger charge is -2.35. The quantitative estimate of drug-likeness (QED) is 0.868. The molecule has 0 aliphatic carbocycles. The maximum Gasteiger partial charge on any atom is 0.245 e. The smallest absolute Gasteiger partial charge is 0.245 e. The average molecular weight is 389 g/mol. The van der Waals surface area contributed by atoms with Crippen molar-refractivity contribution in [2.75, 3.05) is 31.1 Å². The van der Waals surface area contributed by atoms with Gasteiger partial charge in [-0.2, -0.15) is 5.10 Å². The van der Waals surface area contributed by atoms with Gasteiger partial charge in [0.25, 0.3) is 0 Å². The van der Waals surface area contributed by atoms with Crippen LogP contribution in [0, 0.1) is 5.41 Å². The van der Waals surface area contributed by atoms with Gasteiger partial charge in [0.2, 0.25) is 11.9 Å². The van der Waals surface area contributed by atoms with Crippen molar-refractivity contribution in [2.45, 2.75) is 27.2 Å². The van der Waals surface area contributed by atoms with Gasteiger partial charge in [-0.3, -0.25) is 10.2 Å². The molecule has 1 aromatic carbocycles. The molecule has 2 aromatic rings. The maximum atomic E-state index is 12.1. The first-order valence-corrected chi connectivity index (χ1v) is 9.43. The number of nitrogens with zero attached hydrogens (tertiary/aromatic N) is 5. The summed E-state index contributed by atoms with van der Waals surface area (Å²) in [5, 5.41) is 10.9. The van der Waals surface area contributed by atoms with Crippen LogP contribution in [0.15, 0.2) is 30.5 Å². The van der Waals surface area contributed by atoms with Gasteiger partial charge in [0.15, 0.2) is 0 Å². The van der Waals surface area contributed by atoms with Gasteiger partial charge in [-0.05, 0) is 17.5 Å². The Labute approximate surface area is 164 Å². The second-order valence-electron chi connectivity index (χ2n) is 7.90. The first-order chi connectivity index (χ1) is 12.8. The van der Waals surface area contributed by atoms with Crippen LogP contribution in [0.25, 0.3) is 11.3 Å². The molecule has 144 valence electrons. The molecule has 1 fully saturated rings. The molecule has 7 nitrogen and oxygen atoms in total. The van der Waals surface area contributed by atoms with E-state index >= 15 is 0 Å². The number of hydrazine groups is 1. The molecule has 0 atom stereocenters. The van der Waals surface area contributed by atoms with Gasteiger partial charge in [0.05, 0.1) is 11.9 Å². The number of aromatic nitrogens is 3. The molecule has 1 saturated heterocycles. The van der Waals surface area contributed by atoms with Gasteiger partial charge < -0.3 is 4.90 Å². The van der Waals surface area contributed by atoms with Crippen molar-refractivity contribution in [3.63, 3.8) is 0 Å². The Morgan fingerprint density at radius 1 is 1.15 bits per heavy atom. The summed E-state index contributed by atoms with van der Waals surface area (Å²) in [5.41, 5.74) is 4.68. The lowest BCUT2D eigenvalue weighted by Crippen LogP contribution is -2.54. The van der Waals surface area contributed by atoms with Gasteiger partial charge in [-0.1, -0.05) is 44.5 Å². The van der Waals surface area contributed by atoms with E-state index in [9.17, 15) is 4.79 Å². The summed E-state index contributed by atoms with van der Waals surface area (Å²) >= 11 is 5.95. The molecule has 8 heteroatoms. The minimum atomic E-state index is -0.0203. The van der Waals surface area contributed by atoms with Crippen LogP contribution in [0.3, 0.4) is 0 Å². The molecule has 0 radical (unpaired) electrons. The van der Waals surface area contributed by atoms with Gasteiger partial charge >= 0.3 is 0 Å². The monoisotopic (exact) mass is 388 g/mol. The number of carbonyl (C=O) groups excluding carboxylic acids is 1. The van der Waals surface area contributed by atoms with Crippen LogP contribution in [-0.4, -0.2) is 52.3 Å². The maximum absolute atomic E-state index is 12.1. The number of carbonyl (C=O) groups is 1. The molecule has 3 rings (SSSR count). The number of rotatable bonds is 4.